The second kappa shape index (κ2) is 6.41. The Morgan fingerprint density at radius 1 is 0.955 bits per heavy atom. The smallest absolute Gasteiger partial charge is 0.280 e. The van der Waals surface area contributed by atoms with Crippen molar-refractivity contribution in [3.05, 3.63) is 76.7 Å². The van der Waals surface area contributed by atoms with Crippen molar-refractivity contribution < 1.29 is 9.18 Å². The van der Waals surface area contributed by atoms with Crippen LogP contribution >= 0.6 is 11.3 Å². The molecule has 0 fully saturated rings. The average molecular weight is 312 g/mol. The zero-order valence-electron chi connectivity index (χ0n) is 11.5. The molecule has 0 saturated heterocycles. The van der Waals surface area contributed by atoms with Crippen LogP contribution in [0.4, 0.5) is 10.1 Å². The summed E-state index contributed by atoms with van der Waals surface area (Å²) >= 11 is 1.38. The van der Waals surface area contributed by atoms with Crippen LogP contribution in [0.5, 0.6) is 0 Å². The quantitative estimate of drug-likeness (QED) is 0.705. The molecule has 0 bridgehead atoms. The van der Waals surface area contributed by atoms with E-state index in [0.29, 0.717) is 10.6 Å². The van der Waals surface area contributed by atoms with Crippen molar-refractivity contribution in [3.63, 3.8) is 0 Å². The molecular formula is C17H13FN2OS. The number of nitrogens with one attached hydrogen (secondary N) is 2. The Bertz CT molecular complexity index is 769. The molecule has 0 spiro atoms. The zero-order chi connectivity index (χ0) is 15.4. The highest BCUT2D eigenvalue weighted by atomic mass is 32.1. The van der Waals surface area contributed by atoms with Gasteiger partial charge in [0.25, 0.3) is 5.91 Å². The van der Waals surface area contributed by atoms with Gasteiger partial charge in [-0.2, -0.15) is 0 Å². The van der Waals surface area contributed by atoms with E-state index in [1.165, 1.54) is 23.5 Å². The van der Waals surface area contributed by atoms with Crippen LogP contribution in [0.15, 0.2) is 66.0 Å². The van der Waals surface area contributed by atoms with Gasteiger partial charge < -0.3 is 0 Å². The maximum atomic E-state index is 12.8. The minimum absolute atomic E-state index is 0.224. The summed E-state index contributed by atoms with van der Waals surface area (Å²) in [5.41, 5.74) is 7.92. The van der Waals surface area contributed by atoms with E-state index in [0.717, 1.165) is 11.1 Å². The predicted molar refractivity (Wildman–Crippen MR) is 87.2 cm³/mol. The number of halogens is 1. The van der Waals surface area contributed by atoms with E-state index in [4.69, 9.17) is 0 Å². The zero-order valence-corrected chi connectivity index (χ0v) is 12.4. The number of hydrogen-bond acceptors (Lipinski definition) is 3. The maximum Gasteiger partial charge on any atom is 0.280 e. The number of hydrazine groups is 1. The molecule has 0 radical (unpaired) electrons. The van der Waals surface area contributed by atoms with Crippen LogP contribution in [0, 0.1) is 5.82 Å². The molecule has 2 aromatic carbocycles. The van der Waals surface area contributed by atoms with Gasteiger partial charge in [0.1, 0.15) is 10.7 Å². The van der Waals surface area contributed by atoms with Gasteiger partial charge in [-0.3, -0.25) is 15.6 Å². The Labute approximate surface area is 131 Å². The number of carbonyl (C=O) groups excluding carboxylic acids is 1. The first-order valence-corrected chi connectivity index (χ1v) is 7.57. The molecule has 2 N–H and O–H groups in total. The number of carbonyl (C=O) groups is 1. The summed E-state index contributed by atoms with van der Waals surface area (Å²) in [6.45, 7) is 0. The molecule has 3 rings (SSSR count). The molecular weight excluding hydrogens is 299 g/mol. The van der Waals surface area contributed by atoms with Crippen LogP contribution in [-0.2, 0) is 0 Å². The molecule has 0 unspecified atom stereocenters. The minimum atomic E-state index is -0.318. The number of benzene rings is 2. The summed E-state index contributed by atoms with van der Waals surface area (Å²) in [7, 11) is 0. The van der Waals surface area contributed by atoms with E-state index < -0.39 is 0 Å². The average Bonchev–Trinajstić information content (AvgIpc) is 3.04. The highest BCUT2D eigenvalue weighted by Gasteiger charge is 2.14. The normalized spacial score (nSPS) is 10.2. The van der Waals surface area contributed by atoms with Gasteiger partial charge in [0, 0.05) is 5.56 Å². The van der Waals surface area contributed by atoms with Crippen LogP contribution in [0.3, 0.4) is 0 Å². The molecule has 0 saturated carbocycles. The number of amides is 1. The summed E-state index contributed by atoms with van der Waals surface area (Å²) in [5, 5.41) is 1.88. The van der Waals surface area contributed by atoms with Crippen molar-refractivity contribution in [2.24, 2.45) is 0 Å². The number of rotatable bonds is 4. The lowest BCUT2D eigenvalue weighted by molar-refractivity contribution is 0.0967. The Morgan fingerprint density at radius 2 is 1.68 bits per heavy atom. The highest BCUT2D eigenvalue weighted by molar-refractivity contribution is 7.12. The first-order chi connectivity index (χ1) is 10.7. The molecule has 5 heteroatoms. The lowest BCUT2D eigenvalue weighted by Crippen LogP contribution is -2.29. The fourth-order valence-electron chi connectivity index (χ4n) is 2.05. The van der Waals surface area contributed by atoms with Crippen molar-refractivity contribution >= 4 is 22.9 Å². The molecule has 1 amide bonds. The highest BCUT2D eigenvalue weighted by Crippen LogP contribution is 2.28. The van der Waals surface area contributed by atoms with Gasteiger partial charge in [0.15, 0.2) is 0 Å². The SMILES string of the molecule is O=C(NNc1ccc(F)cc1)c1sccc1-c1ccccc1. The Morgan fingerprint density at radius 3 is 2.41 bits per heavy atom. The summed E-state index contributed by atoms with van der Waals surface area (Å²) in [4.78, 5) is 12.9. The van der Waals surface area contributed by atoms with Crippen molar-refractivity contribution in [1.29, 1.82) is 0 Å². The molecule has 3 nitrogen and oxygen atoms in total. The molecule has 0 atom stereocenters. The van der Waals surface area contributed by atoms with E-state index in [9.17, 15) is 9.18 Å². The van der Waals surface area contributed by atoms with Gasteiger partial charge in [0.2, 0.25) is 0 Å². The number of thiophene rings is 1. The van der Waals surface area contributed by atoms with Gasteiger partial charge in [-0.25, -0.2) is 4.39 Å². The van der Waals surface area contributed by atoms with Gasteiger partial charge in [-0.05, 0) is 41.3 Å². The van der Waals surface area contributed by atoms with Crippen LogP contribution < -0.4 is 10.9 Å². The van der Waals surface area contributed by atoms with Crippen molar-refractivity contribution in [2.75, 3.05) is 5.43 Å². The van der Waals surface area contributed by atoms with E-state index >= 15 is 0 Å². The van der Waals surface area contributed by atoms with Gasteiger partial charge in [0.05, 0.1) is 5.69 Å². The number of hydrogen-bond donors (Lipinski definition) is 2. The molecule has 1 aromatic heterocycles. The van der Waals surface area contributed by atoms with E-state index in [1.54, 1.807) is 12.1 Å². The fraction of sp³-hybridized carbons (Fsp3) is 0. The van der Waals surface area contributed by atoms with Gasteiger partial charge in [-0.15, -0.1) is 11.3 Å². The second-order valence-corrected chi connectivity index (χ2v) is 5.53. The first kappa shape index (κ1) is 14.3. The van der Waals surface area contributed by atoms with Gasteiger partial charge in [-0.1, -0.05) is 30.3 Å². The van der Waals surface area contributed by atoms with Crippen LogP contribution in [0.1, 0.15) is 9.67 Å². The summed E-state index contributed by atoms with van der Waals surface area (Å²) in [5.74, 6) is -0.542. The van der Waals surface area contributed by atoms with Gasteiger partial charge >= 0.3 is 0 Å². The van der Waals surface area contributed by atoms with E-state index in [1.807, 2.05) is 41.8 Å². The van der Waals surface area contributed by atoms with Crippen molar-refractivity contribution in [2.45, 2.75) is 0 Å². The van der Waals surface area contributed by atoms with E-state index in [2.05, 4.69) is 10.9 Å². The lowest BCUT2D eigenvalue weighted by Gasteiger charge is -2.09. The second-order valence-electron chi connectivity index (χ2n) is 4.62. The Kier molecular flexibility index (Phi) is 4.16. The van der Waals surface area contributed by atoms with Crippen LogP contribution in [-0.4, -0.2) is 5.91 Å². The van der Waals surface area contributed by atoms with Crippen LogP contribution in [0.2, 0.25) is 0 Å². The topological polar surface area (TPSA) is 41.1 Å². The molecule has 3 aromatic rings. The molecule has 0 aliphatic heterocycles. The Hall–Kier alpha value is -2.66. The largest absolute Gasteiger partial charge is 0.298 e. The third-order valence-corrected chi connectivity index (χ3v) is 4.03. The predicted octanol–water partition coefficient (Wildman–Crippen LogP) is 4.31. The number of anilines is 1. The summed E-state index contributed by atoms with van der Waals surface area (Å²) < 4.78 is 12.8. The van der Waals surface area contributed by atoms with E-state index in [-0.39, 0.29) is 11.7 Å². The van der Waals surface area contributed by atoms with Crippen molar-refractivity contribution in [3.8, 4) is 11.1 Å². The maximum absolute atomic E-state index is 12.8. The summed E-state index contributed by atoms with van der Waals surface area (Å²) in [6.07, 6.45) is 0. The Balaban J connectivity index is 1.73. The lowest BCUT2D eigenvalue weighted by atomic mass is 10.1. The molecule has 1 heterocycles. The first-order valence-electron chi connectivity index (χ1n) is 6.69. The molecule has 0 aliphatic carbocycles. The third kappa shape index (κ3) is 3.15. The standard InChI is InChI=1S/C17H13FN2OS/c18-13-6-8-14(9-7-13)19-20-17(21)16-15(10-11-22-16)12-4-2-1-3-5-12/h1-11,19H,(H,20,21). The molecule has 22 heavy (non-hydrogen) atoms. The third-order valence-electron chi connectivity index (χ3n) is 3.12. The van der Waals surface area contributed by atoms with Crippen molar-refractivity contribution in [1.82, 2.24) is 5.43 Å². The minimum Gasteiger partial charge on any atom is -0.298 e. The monoisotopic (exact) mass is 312 g/mol. The molecule has 0 aliphatic rings. The van der Waals surface area contributed by atoms with Crippen LogP contribution in [0.25, 0.3) is 11.1 Å². The summed E-state index contributed by atoms with van der Waals surface area (Å²) in [6, 6.07) is 17.4. The fourth-order valence-corrected chi connectivity index (χ4v) is 2.86. The molecule has 110 valence electrons.